The number of rotatable bonds is 9. The average Bonchev–Trinajstić information content (AvgIpc) is 2.56. The number of hydrogen-bond donors (Lipinski definition) is 4. The summed E-state index contributed by atoms with van der Waals surface area (Å²) in [6, 6.07) is 3.32. The Hall–Kier alpha value is 0.771. The standard InChI is InChI=1S/C9H22OSi.3C4H10O.Ti/c1-4-7-11(10,8-5-2)9-6-3;3*1-3-4(2)5;/h10H,4-9H2,1-3H3;3*4-5H,3H2,1-2H3;. The van der Waals surface area contributed by atoms with E-state index in [1.807, 2.05) is 20.8 Å². The molecular formula is C21H52O4SiTi. The molecule has 0 aromatic heterocycles. The molecule has 0 rings (SSSR count). The molecule has 3 atom stereocenters. The summed E-state index contributed by atoms with van der Waals surface area (Å²) < 4.78 is 0. The van der Waals surface area contributed by atoms with Gasteiger partial charge in [-0.25, -0.2) is 0 Å². The van der Waals surface area contributed by atoms with Crippen molar-refractivity contribution >= 4 is 8.32 Å². The Kier molecular flexibility index (Phi) is 41.2. The maximum absolute atomic E-state index is 10.2. The van der Waals surface area contributed by atoms with Crippen LogP contribution in [0, 0.1) is 0 Å². The van der Waals surface area contributed by atoms with E-state index < -0.39 is 8.32 Å². The van der Waals surface area contributed by atoms with E-state index in [1.54, 1.807) is 20.8 Å². The molecule has 0 aliphatic rings. The van der Waals surface area contributed by atoms with E-state index in [9.17, 15) is 4.80 Å². The first kappa shape index (κ1) is 38.4. The monoisotopic (exact) mass is 444 g/mol. The molecule has 6 heteroatoms. The van der Waals surface area contributed by atoms with Gasteiger partial charge in [0.1, 0.15) is 0 Å². The maximum atomic E-state index is 10.2. The molecule has 0 aliphatic heterocycles. The molecule has 0 amide bonds. The van der Waals surface area contributed by atoms with Crippen LogP contribution < -0.4 is 0 Å². The fourth-order valence-corrected chi connectivity index (χ4v) is 5.31. The van der Waals surface area contributed by atoms with Gasteiger partial charge in [-0.2, -0.15) is 0 Å². The molecule has 0 spiro atoms. The Morgan fingerprint density at radius 1 is 0.556 bits per heavy atom. The van der Waals surface area contributed by atoms with Crippen molar-refractivity contribution in [2.75, 3.05) is 0 Å². The molecule has 0 heterocycles. The summed E-state index contributed by atoms with van der Waals surface area (Å²) in [6.07, 6.45) is 5.70. The molecule has 0 bridgehead atoms. The van der Waals surface area contributed by atoms with Crippen LogP contribution in [0.15, 0.2) is 0 Å². The summed E-state index contributed by atoms with van der Waals surface area (Å²) in [5.41, 5.74) is 0. The Bertz CT molecular complexity index is 204. The molecule has 0 fully saturated rings. The Morgan fingerprint density at radius 3 is 0.778 bits per heavy atom. The van der Waals surface area contributed by atoms with Crippen LogP contribution >= 0.6 is 0 Å². The van der Waals surface area contributed by atoms with Crippen LogP contribution in [0.2, 0.25) is 18.1 Å². The third kappa shape index (κ3) is 46.6. The summed E-state index contributed by atoms with van der Waals surface area (Å²) in [6.45, 7) is 17.7. The SMILES string of the molecule is CCC(C)O.CCC(C)O.CCC(C)O.CCC[Si](O)(CCC)CCC.[Ti]. The second kappa shape index (κ2) is 29.0. The number of hydrogen-bond acceptors (Lipinski definition) is 4. The average molecular weight is 445 g/mol. The predicted molar refractivity (Wildman–Crippen MR) is 119 cm³/mol. The third-order valence-electron chi connectivity index (χ3n) is 3.92. The van der Waals surface area contributed by atoms with Crippen molar-refractivity contribution < 1.29 is 41.8 Å². The zero-order valence-corrected chi connectivity index (χ0v) is 22.4. The van der Waals surface area contributed by atoms with Gasteiger partial charge in [0.05, 0.1) is 18.3 Å². The van der Waals surface area contributed by atoms with Crippen LogP contribution in [-0.4, -0.2) is 46.7 Å². The van der Waals surface area contributed by atoms with Crippen LogP contribution in [0.1, 0.15) is 101 Å². The number of aliphatic hydroxyl groups is 3. The molecule has 0 saturated heterocycles. The van der Waals surface area contributed by atoms with Crippen LogP contribution in [0.25, 0.3) is 0 Å². The van der Waals surface area contributed by atoms with Gasteiger partial charge in [-0.3, -0.25) is 0 Å². The predicted octanol–water partition coefficient (Wildman–Crippen LogP) is 5.48. The Labute approximate surface area is 187 Å². The molecule has 0 aromatic rings. The molecule has 0 aromatic carbocycles. The van der Waals surface area contributed by atoms with E-state index in [-0.39, 0.29) is 40.0 Å². The van der Waals surface area contributed by atoms with Crippen LogP contribution in [-0.2, 0) is 21.7 Å². The van der Waals surface area contributed by atoms with Crippen molar-refractivity contribution in [2.45, 2.75) is 137 Å². The molecular weight excluding hydrogens is 392 g/mol. The quantitative estimate of drug-likeness (QED) is 0.355. The van der Waals surface area contributed by atoms with Crippen molar-refractivity contribution in [2.24, 2.45) is 0 Å². The zero-order chi connectivity index (χ0) is 21.6. The van der Waals surface area contributed by atoms with Gasteiger partial charge in [-0.05, 0) is 58.2 Å². The molecule has 168 valence electrons. The summed E-state index contributed by atoms with van der Waals surface area (Å²) in [5.74, 6) is 0. The summed E-state index contributed by atoms with van der Waals surface area (Å²) in [4.78, 5) is 10.2. The molecule has 0 saturated carbocycles. The van der Waals surface area contributed by atoms with Crippen LogP contribution in [0.4, 0.5) is 0 Å². The minimum atomic E-state index is -1.75. The molecule has 3 unspecified atom stereocenters. The third-order valence-corrected chi connectivity index (χ3v) is 8.21. The second-order valence-corrected chi connectivity index (χ2v) is 11.2. The Balaban J connectivity index is -0.0000000858. The van der Waals surface area contributed by atoms with Crippen molar-refractivity contribution in [3.05, 3.63) is 0 Å². The first-order valence-corrected chi connectivity index (χ1v) is 13.3. The van der Waals surface area contributed by atoms with E-state index in [4.69, 9.17) is 15.3 Å². The van der Waals surface area contributed by atoms with Crippen molar-refractivity contribution in [1.29, 1.82) is 0 Å². The van der Waals surface area contributed by atoms with Gasteiger partial charge in [-0.1, -0.05) is 60.8 Å². The molecule has 4 N–H and O–H groups in total. The zero-order valence-electron chi connectivity index (χ0n) is 19.9. The van der Waals surface area contributed by atoms with Gasteiger partial charge >= 0.3 is 0 Å². The second-order valence-electron chi connectivity index (χ2n) is 7.25. The molecule has 27 heavy (non-hydrogen) atoms. The van der Waals surface area contributed by atoms with Gasteiger partial charge in [0.2, 0.25) is 0 Å². The normalized spacial score (nSPS) is 13.2. The first-order chi connectivity index (χ1) is 12.0. The van der Waals surface area contributed by atoms with Gasteiger partial charge in [-0.15, -0.1) is 0 Å². The van der Waals surface area contributed by atoms with Gasteiger partial charge in [0, 0.05) is 21.7 Å². The van der Waals surface area contributed by atoms with Gasteiger partial charge in [0.25, 0.3) is 0 Å². The fraction of sp³-hybridized carbons (Fsp3) is 1.00. The van der Waals surface area contributed by atoms with Gasteiger partial charge < -0.3 is 20.1 Å². The summed E-state index contributed by atoms with van der Waals surface area (Å²) in [5, 5.41) is 25.1. The van der Waals surface area contributed by atoms with Crippen LogP contribution in [0.3, 0.4) is 0 Å². The number of aliphatic hydroxyl groups excluding tert-OH is 3. The smallest absolute Gasteiger partial charge is 0.188 e. The topological polar surface area (TPSA) is 80.9 Å². The summed E-state index contributed by atoms with van der Waals surface area (Å²) >= 11 is 0. The van der Waals surface area contributed by atoms with Crippen molar-refractivity contribution in [3.63, 3.8) is 0 Å². The molecule has 0 radical (unpaired) electrons. The minimum Gasteiger partial charge on any atom is -0.432 e. The Morgan fingerprint density at radius 2 is 0.704 bits per heavy atom. The van der Waals surface area contributed by atoms with Gasteiger partial charge in [0.15, 0.2) is 8.32 Å². The maximum Gasteiger partial charge on any atom is 0.188 e. The fourth-order valence-electron chi connectivity index (χ4n) is 1.77. The minimum absolute atomic E-state index is 0. The first-order valence-electron chi connectivity index (χ1n) is 10.8. The summed E-state index contributed by atoms with van der Waals surface area (Å²) in [7, 11) is -1.75. The van der Waals surface area contributed by atoms with Crippen molar-refractivity contribution in [3.8, 4) is 0 Å². The van der Waals surface area contributed by atoms with E-state index in [2.05, 4.69) is 20.8 Å². The van der Waals surface area contributed by atoms with E-state index in [1.165, 1.54) is 0 Å². The van der Waals surface area contributed by atoms with Crippen molar-refractivity contribution in [1.82, 2.24) is 0 Å². The largest absolute Gasteiger partial charge is 0.432 e. The molecule has 0 aliphatic carbocycles. The van der Waals surface area contributed by atoms with E-state index in [0.717, 1.165) is 56.7 Å². The van der Waals surface area contributed by atoms with E-state index in [0.29, 0.717) is 0 Å². The van der Waals surface area contributed by atoms with Crippen LogP contribution in [0.5, 0.6) is 0 Å². The van der Waals surface area contributed by atoms with E-state index >= 15 is 0 Å². The molecule has 4 nitrogen and oxygen atoms in total.